The number of benzene rings is 2. The van der Waals surface area contributed by atoms with Gasteiger partial charge in [-0.1, -0.05) is 42.5 Å². The molecule has 2 rings (SSSR count). The van der Waals surface area contributed by atoms with Gasteiger partial charge in [0.2, 0.25) is 0 Å². The third kappa shape index (κ3) is 5.17. The van der Waals surface area contributed by atoms with Crippen LogP contribution in [0.15, 0.2) is 60.7 Å². The Morgan fingerprint density at radius 1 is 1.04 bits per heavy atom. The molecule has 0 aliphatic carbocycles. The van der Waals surface area contributed by atoms with Crippen molar-refractivity contribution in [1.82, 2.24) is 0 Å². The molecule has 0 aliphatic rings. The van der Waals surface area contributed by atoms with E-state index in [9.17, 15) is 19.7 Å². The summed E-state index contributed by atoms with van der Waals surface area (Å²) in [6.45, 7) is 0.0980. The molecule has 0 heterocycles. The summed E-state index contributed by atoms with van der Waals surface area (Å²) in [6.07, 6.45) is 2.06. The zero-order valence-corrected chi connectivity index (χ0v) is 12.8. The van der Waals surface area contributed by atoms with Crippen molar-refractivity contribution in [3.63, 3.8) is 0 Å². The van der Waals surface area contributed by atoms with Crippen molar-refractivity contribution >= 4 is 23.5 Å². The topological polar surface area (TPSA) is 86.5 Å². The first-order chi connectivity index (χ1) is 11.6. The fraction of sp³-hybridized carbons (Fsp3) is 0.111. The van der Waals surface area contributed by atoms with Crippen LogP contribution in [0, 0.1) is 10.1 Å². The monoisotopic (exact) mass is 325 g/mol. The summed E-state index contributed by atoms with van der Waals surface area (Å²) < 4.78 is 5.01. The van der Waals surface area contributed by atoms with Gasteiger partial charge in [0.15, 0.2) is 5.78 Å². The maximum atomic E-state index is 11.8. The molecule has 0 N–H and O–H groups in total. The quantitative estimate of drug-likeness (QED) is 0.256. The summed E-state index contributed by atoms with van der Waals surface area (Å²) in [6, 6.07) is 15.2. The minimum atomic E-state index is -0.643. The number of nitro groups is 1. The molecule has 0 fully saturated rings. The van der Waals surface area contributed by atoms with Crippen LogP contribution in [-0.2, 0) is 20.9 Å². The Kier molecular flexibility index (Phi) is 5.96. The van der Waals surface area contributed by atoms with Gasteiger partial charge in [-0.05, 0) is 23.8 Å². The number of rotatable bonds is 7. The summed E-state index contributed by atoms with van der Waals surface area (Å²) in [4.78, 5) is 33.7. The molecule has 6 heteroatoms. The Labute approximate surface area is 138 Å². The fourth-order valence-electron chi connectivity index (χ4n) is 1.97. The molecule has 0 bridgehead atoms. The van der Waals surface area contributed by atoms with Crippen molar-refractivity contribution in [2.75, 3.05) is 0 Å². The molecular formula is C18H15NO5. The van der Waals surface area contributed by atoms with Crippen molar-refractivity contribution in [3.8, 4) is 0 Å². The molecule has 2 aromatic rings. The molecular weight excluding hydrogens is 310 g/mol. The van der Waals surface area contributed by atoms with E-state index in [0.717, 1.165) is 11.6 Å². The van der Waals surface area contributed by atoms with Crippen molar-refractivity contribution in [3.05, 3.63) is 81.9 Å². The van der Waals surface area contributed by atoms with Gasteiger partial charge in [0, 0.05) is 6.07 Å². The van der Waals surface area contributed by atoms with Gasteiger partial charge in [0.05, 0.1) is 10.5 Å². The standard InChI is InChI=1S/C18H15NO5/c20-16(11-10-15-8-4-5-9-17(15)19(22)23)12-18(21)24-13-14-6-2-1-3-7-14/h1-11H,12-13H2. The number of carbonyl (C=O) groups excluding carboxylic acids is 2. The van der Waals surface area contributed by atoms with Gasteiger partial charge in [-0.3, -0.25) is 19.7 Å². The SMILES string of the molecule is O=C(C=Cc1ccccc1[N+](=O)[O-])CC(=O)OCc1ccccc1. The normalized spacial score (nSPS) is 10.5. The molecule has 0 saturated heterocycles. The second-order valence-corrected chi connectivity index (χ2v) is 4.94. The predicted octanol–water partition coefficient (Wildman–Crippen LogP) is 3.31. The maximum Gasteiger partial charge on any atom is 0.314 e. The first-order valence-corrected chi connectivity index (χ1v) is 7.20. The van der Waals surface area contributed by atoms with E-state index < -0.39 is 23.1 Å². The molecule has 0 unspecified atom stereocenters. The first-order valence-electron chi connectivity index (χ1n) is 7.20. The average Bonchev–Trinajstić information content (AvgIpc) is 2.59. The Morgan fingerprint density at radius 3 is 2.42 bits per heavy atom. The minimum absolute atomic E-state index is 0.0980. The number of para-hydroxylation sites is 1. The average molecular weight is 325 g/mol. The Balaban J connectivity index is 1.89. The Hall–Kier alpha value is -3.28. The van der Waals surface area contributed by atoms with Crippen LogP contribution in [0.3, 0.4) is 0 Å². The van der Waals surface area contributed by atoms with Gasteiger partial charge in [-0.25, -0.2) is 0 Å². The van der Waals surface area contributed by atoms with E-state index in [1.54, 1.807) is 6.07 Å². The zero-order chi connectivity index (χ0) is 17.4. The molecule has 6 nitrogen and oxygen atoms in total. The molecule has 24 heavy (non-hydrogen) atoms. The smallest absolute Gasteiger partial charge is 0.314 e. The summed E-state index contributed by atoms with van der Waals surface area (Å²) in [5, 5.41) is 10.9. The number of nitrogens with zero attached hydrogens (tertiary/aromatic N) is 1. The number of hydrogen-bond acceptors (Lipinski definition) is 5. The highest BCUT2D eigenvalue weighted by molar-refractivity contribution is 6.04. The Bertz CT molecular complexity index is 768. The van der Waals surface area contributed by atoms with Crippen molar-refractivity contribution < 1.29 is 19.2 Å². The summed E-state index contributed by atoms with van der Waals surface area (Å²) in [5.74, 6) is -1.12. The number of ketones is 1. The number of allylic oxidation sites excluding steroid dienone is 1. The molecule has 0 amide bonds. The van der Waals surface area contributed by atoms with Gasteiger partial charge in [-0.15, -0.1) is 0 Å². The number of nitro benzene ring substituents is 1. The molecule has 0 atom stereocenters. The summed E-state index contributed by atoms with van der Waals surface area (Å²) in [7, 11) is 0. The van der Waals surface area contributed by atoms with Gasteiger partial charge in [0.1, 0.15) is 13.0 Å². The lowest BCUT2D eigenvalue weighted by Crippen LogP contribution is -2.09. The molecule has 0 saturated carbocycles. The van der Waals surface area contributed by atoms with E-state index in [-0.39, 0.29) is 12.3 Å². The lowest BCUT2D eigenvalue weighted by atomic mass is 10.1. The molecule has 0 spiro atoms. The number of carbonyl (C=O) groups is 2. The van der Waals surface area contributed by atoms with Crippen LogP contribution in [0.2, 0.25) is 0 Å². The minimum Gasteiger partial charge on any atom is -0.460 e. The predicted molar refractivity (Wildman–Crippen MR) is 88.0 cm³/mol. The third-order valence-electron chi connectivity index (χ3n) is 3.14. The summed E-state index contributed by atoms with van der Waals surface area (Å²) in [5.41, 5.74) is 1.02. The van der Waals surface area contributed by atoms with Gasteiger partial charge in [-0.2, -0.15) is 0 Å². The highest BCUT2D eigenvalue weighted by atomic mass is 16.6. The third-order valence-corrected chi connectivity index (χ3v) is 3.14. The van der Waals surface area contributed by atoms with Gasteiger partial charge >= 0.3 is 5.97 Å². The van der Waals surface area contributed by atoms with Gasteiger partial charge < -0.3 is 4.74 Å². The van der Waals surface area contributed by atoms with Crippen molar-refractivity contribution in [2.24, 2.45) is 0 Å². The van der Waals surface area contributed by atoms with E-state index in [1.165, 1.54) is 24.3 Å². The fourth-order valence-corrected chi connectivity index (χ4v) is 1.97. The van der Waals surface area contributed by atoms with Crippen LogP contribution >= 0.6 is 0 Å². The van der Waals surface area contributed by atoms with E-state index in [2.05, 4.69) is 0 Å². The van der Waals surface area contributed by atoms with Crippen LogP contribution in [0.5, 0.6) is 0 Å². The number of hydrogen-bond donors (Lipinski definition) is 0. The van der Waals surface area contributed by atoms with E-state index in [0.29, 0.717) is 5.56 Å². The number of ether oxygens (including phenoxy) is 1. The molecule has 122 valence electrons. The lowest BCUT2D eigenvalue weighted by Gasteiger charge is -2.03. The van der Waals surface area contributed by atoms with Crippen molar-refractivity contribution in [1.29, 1.82) is 0 Å². The molecule has 0 radical (unpaired) electrons. The van der Waals surface area contributed by atoms with Gasteiger partial charge in [0.25, 0.3) is 5.69 Å². The van der Waals surface area contributed by atoms with Crippen LogP contribution in [0.1, 0.15) is 17.5 Å². The van der Waals surface area contributed by atoms with E-state index >= 15 is 0 Å². The van der Waals surface area contributed by atoms with E-state index in [4.69, 9.17) is 4.74 Å². The molecule has 0 aliphatic heterocycles. The Morgan fingerprint density at radius 2 is 1.71 bits per heavy atom. The highest BCUT2D eigenvalue weighted by Crippen LogP contribution is 2.19. The molecule has 2 aromatic carbocycles. The lowest BCUT2D eigenvalue weighted by molar-refractivity contribution is -0.385. The second kappa shape index (κ2) is 8.38. The van der Waals surface area contributed by atoms with Crippen LogP contribution in [0.25, 0.3) is 6.08 Å². The number of esters is 1. The first kappa shape index (κ1) is 17.1. The highest BCUT2D eigenvalue weighted by Gasteiger charge is 2.11. The largest absolute Gasteiger partial charge is 0.460 e. The van der Waals surface area contributed by atoms with Crippen LogP contribution in [-0.4, -0.2) is 16.7 Å². The van der Waals surface area contributed by atoms with Crippen LogP contribution in [0.4, 0.5) is 5.69 Å². The second-order valence-electron chi connectivity index (χ2n) is 4.94. The maximum absolute atomic E-state index is 11.8. The summed E-state index contributed by atoms with van der Waals surface area (Å²) >= 11 is 0. The molecule has 0 aromatic heterocycles. The van der Waals surface area contributed by atoms with Crippen LogP contribution < -0.4 is 0 Å². The van der Waals surface area contributed by atoms with Crippen molar-refractivity contribution in [2.45, 2.75) is 13.0 Å². The van der Waals surface area contributed by atoms with E-state index in [1.807, 2.05) is 30.3 Å². The zero-order valence-electron chi connectivity index (χ0n) is 12.8.